The van der Waals surface area contributed by atoms with Crippen LogP contribution in [0.4, 0.5) is 4.79 Å². The molecule has 1 rings (SSSR count). The molecule has 0 unspecified atom stereocenters. The number of benzene rings is 1. The van der Waals surface area contributed by atoms with E-state index in [0.717, 1.165) is 10.0 Å². The highest BCUT2D eigenvalue weighted by molar-refractivity contribution is 9.10. The number of ether oxygens (including phenoxy) is 2. The van der Waals surface area contributed by atoms with Crippen molar-refractivity contribution in [2.45, 2.75) is 45.8 Å². The summed E-state index contributed by atoms with van der Waals surface area (Å²) >= 11 is 3.38. The fraction of sp³-hybridized carbons (Fsp3) is 0.500. The number of alkyl carbamates (subject to hydrolysis) is 1. The molecule has 6 heteroatoms. The number of nitrogens with one attached hydrogen (secondary N) is 1. The van der Waals surface area contributed by atoms with Crippen molar-refractivity contribution in [3.05, 3.63) is 34.3 Å². The van der Waals surface area contributed by atoms with Crippen LogP contribution >= 0.6 is 15.9 Å². The highest BCUT2D eigenvalue weighted by Gasteiger charge is 2.25. The maximum Gasteiger partial charge on any atom is 0.408 e. The van der Waals surface area contributed by atoms with Gasteiger partial charge in [-0.05, 0) is 45.4 Å². The molecule has 0 heterocycles. The molecule has 0 aliphatic rings. The van der Waals surface area contributed by atoms with Crippen molar-refractivity contribution >= 4 is 28.0 Å². The van der Waals surface area contributed by atoms with Gasteiger partial charge in [-0.2, -0.15) is 0 Å². The third kappa shape index (κ3) is 6.93. The zero-order valence-corrected chi connectivity index (χ0v) is 14.9. The Labute approximate surface area is 139 Å². The summed E-state index contributed by atoms with van der Waals surface area (Å²) in [5.74, 6) is -0.478. The van der Waals surface area contributed by atoms with E-state index in [1.807, 2.05) is 24.3 Å². The second-order valence-corrected chi connectivity index (χ2v) is 6.70. The molecular formula is C16H22BrNO4. The van der Waals surface area contributed by atoms with E-state index < -0.39 is 23.7 Å². The second-order valence-electron chi connectivity index (χ2n) is 5.78. The molecule has 0 aliphatic heterocycles. The van der Waals surface area contributed by atoms with E-state index >= 15 is 0 Å². The topological polar surface area (TPSA) is 64.6 Å². The molecule has 0 aliphatic carbocycles. The Bertz CT molecular complexity index is 525. The number of carbonyl (C=O) groups is 2. The van der Waals surface area contributed by atoms with Crippen molar-refractivity contribution in [2.24, 2.45) is 0 Å². The molecule has 0 spiro atoms. The van der Waals surface area contributed by atoms with Gasteiger partial charge < -0.3 is 14.8 Å². The summed E-state index contributed by atoms with van der Waals surface area (Å²) in [5.41, 5.74) is 0.280. The van der Waals surface area contributed by atoms with Crippen LogP contribution in [0.15, 0.2) is 28.7 Å². The predicted molar refractivity (Wildman–Crippen MR) is 87.6 cm³/mol. The molecule has 0 aromatic heterocycles. The third-order valence-corrected chi connectivity index (χ3v) is 3.08. The van der Waals surface area contributed by atoms with Crippen molar-refractivity contribution in [1.29, 1.82) is 0 Å². The Morgan fingerprint density at radius 3 is 2.55 bits per heavy atom. The van der Waals surface area contributed by atoms with Gasteiger partial charge in [-0.25, -0.2) is 9.59 Å². The number of esters is 1. The molecule has 0 saturated carbocycles. The molecule has 22 heavy (non-hydrogen) atoms. The van der Waals surface area contributed by atoms with Gasteiger partial charge in [-0.1, -0.05) is 28.1 Å². The maximum atomic E-state index is 12.0. The Morgan fingerprint density at radius 1 is 1.32 bits per heavy atom. The van der Waals surface area contributed by atoms with Crippen molar-refractivity contribution < 1.29 is 19.1 Å². The molecule has 1 aromatic carbocycles. The zero-order chi connectivity index (χ0) is 16.8. The monoisotopic (exact) mass is 371 g/mol. The summed E-state index contributed by atoms with van der Waals surface area (Å²) in [6.45, 7) is 7.27. The van der Waals surface area contributed by atoms with Gasteiger partial charge in [0.25, 0.3) is 0 Å². The molecule has 1 N–H and O–H groups in total. The minimum Gasteiger partial charge on any atom is -0.464 e. The number of halogens is 1. The van der Waals surface area contributed by atoms with Crippen molar-refractivity contribution in [2.75, 3.05) is 6.61 Å². The summed E-state index contributed by atoms with van der Waals surface area (Å²) in [6, 6.07) is 6.75. The first-order chi connectivity index (χ1) is 10.2. The Morgan fingerprint density at radius 2 is 2.00 bits per heavy atom. The number of amides is 1. The van der Waals surface area contributed by atoms with E-state index in [-0.39, 0.29) is 6.61 Å². The minimum absolute atomic E-state index is 0.254. The van der Waals surface area contributed by atoms with Crippen LogP contribution in [0.3, 0.4) is 0 Å². The first-order valence-electron chi connectivity index (χ1n) is 7.12. The lowest BCUT2D eigenvalue weighted by atomic mass is 10.1. The van der Waals surface area contributed by atoms with E-state index in [9.17, 15) is 9.59 Å². The predicted octanol–water partition coefficient (Wildman–Crippen LogP) is 3.45. The van der Waals surface area contributed by atoms with Gasteiger partial charge in [0, 0.05) is 10.9 Å². The van der Waals surface area contributed by atoms with E-state index in [1.165, 1.54) is 0 Å². The molecule has 0 bridgehead atoms. The molecule has 1 aromatic rings. The van der Waals surface area contributed by atoms with E-state index in [2.05, 4.69) is 21.2 Å². The van der Waals surface area contributed by atoms with Crippen LogP contribution in [-0.4, -0.2) is 30.3 Å². The summed E-state index contributed by atoms with van der Waals surface area (Å²) < 4.78 is 11.1. The van der Waals surface area contributed by atoms with E-state index in [1.54, 1.807) is 27.7 Å². The fourth-order valence-corrected chi connectivity index (χ4v) is 2.23. The average molecular weight is 372 g/mol. The van der Waals surface area contributed by atoms with Crippen LogP contribution in [0, 0.1) is 0 Å². The van der Waals surface area contributed by atoms with Gasteiger partial charge in [0.1, 0.15) is 11.6 Å². The highest BCUT2D eigenvalue weighted by Crippen LogP contribution is 2.14. The maximum absolute atomic E-state index is 12.0. The van der Waals surface area contributed by atoms with Crippen molar-refractivity contribution in [3.63, 3.8) is 0 Å². The normalized spacial score (nSPS) is 12.4. The lowest BCUT2D eigenvalue weighted by Crippen LogP contribution is -2.45. The molecule has 122 valence electrons. The average Bonchev–Trinajstić information content (AvgIpc) is 2.36. The van der Waals surface area contributed by atoms with Crippen molar-refractivity contribution in [1.82, 2.24) is 5.32 Å². The molecule has 1 atom stereocenters. The minimum atomic E-state index is -0.788. The largest absolute Gasteiger partial charge is 0.464 e. The second kappa shape index (κ2) is 8.17. The van der Waals surface area contributed by atoms with Crippen LogP contribution in [0.25, 0.3) is 0 Å². The third-order valence-electron chi connectivity index (χ3n) is 2.59. The Balaban J connectivity index is 2.80. The molecule has 0 fully saturated rings. The molecule has 5 nitrogen and oxygen atoms in total. The number of carbonyl (C=O) groups excluding carboxylic acids is 2. The molecular weight excluding hydrogens is 350 g/mol. The smallest absolute Gasteiger partial charge is 0.408 e. The van der Waals surface area contributed by atoms with Crippen LogP contribution in [0.2, 0.25) is 0 Å². The van der Waals surface area contributed by atoms with Gasteiger partial charge in [0.15, 0.2) is 0 Å². The van der Waals surface area contributed by atoms with Crippen LogP contribution in [-0.2, 0) is 20.7 Å². The summed E-state index contributed by atoms with van der Waals surface area (Å²) in [6.07, 6.45) is -0.308. The van der Waals surface area contributed by atoms with Crippen LogP contribution in [0.1, 0.15) is 33.3 Å². The number of hydrogen-bond donors (Lipinski definition) is 1. The summed E-state index contributed by atoms with van der Waals surface area (Å²) in [7, 11) is 0. The van der Waals surface area contributed by atoms with Crippen LogP contribution < -0.4 is 5.32 Å². The van der Waals surface area contributed by atoms with Gasteiger partial charge in [0.2, 0.25) is 0 Å². The van der Waals surface area contributed by atoms with E-state index in [0.29, 0.717) is 6.42 Å². The first kappa shape index (κ1) is 18.5. The standard InChI is InChI=1S/C16H22BrNO4/c1-5-21-14(19)13(18-15(20)22-16(2,3)4)10-11-7-6-8-12(17)9-11/h6-9,13H,5,10H2,1-4H3,(H,18,20)/t13-/m1/s1. The summed E-state index contributed by atoms with van der Waals surface area (Å²) in [5, 5.41) is 2.58. The molecule has 0 saturated heterocycles. The van der Waals surface area contributed by atoms with Crippen LogP contribution in [0.5, 0.6) is 0 Å². The lowest BCUT2D eigenvalue weighted by Gasteiger charge is -2.23. The fourth-order valence-electron chi connectivity index (χ4n) is 1.79. The molecule has 0 radical (unpaired) electrons. The first-order valence-corrected chi connectivity index (χ1v) is 7.91. The zero-order valence-electron chi connectivity index (χ0n) is 13.3. The molecule has 1 amide bonds. The van der Waals surface area contributed by atoms with Gasteiger partial charge in [-0.15, -0.1) is 0 Å². The van der Waals surface area contributed by atoms with Gasteiger partial charge in [-0.3, -0.25) is 0 Å². The highest BCUT2D eigenvalue weighted by atomic mass is 79.9. The number of rotatable bonds is 5. The van der Waals surface area contributed by atoms with Gasteiger partial charge in [0.05, 0.1) is 6.61 Å². The van der Waals surface area contributed by atoms with Crippen molar-refractivity contribution in [3.8, 4) is 0 Å². The lowest BCUT2D eigenvalue weighted by molar-refractivity contribution is -0.145. The SMILES string of the molecule is CCOC(=O)[C@@H](Cc1cccc(Br)c1)NC(=O)OC(C)(C)C. The quantitative estimate of drug-likeness (QED) is 0.805. The van der Waals surface area contributed by atoms with E-state index in [4.69, 9.17) is 9.47 Å². The Hall–Kier alpha value is -1.56. The Kier molecular flexibility index (Phi) is 6.87. The summed E-state index contributed by atoms with van der Waals surface area (Å²) in [4.78, 5) is 23.9. The number of hydrogen-bond acceptors (Lipinski definition) is 4. The van der Waals surface area contributed by atoms with Gasteiger partial charge >= 0.3 is 12.1 Å².